The summed E-state index contributed by atoms with van der Waals surface area (Å²) in [6.45, 7) is 0. The van der Waals surface area contributed by atoms with Crippen LogP contribution >= 0.6 is 0 Å². The van der Waals surface area contributed by atoms with Crippen LogP contribution in [-0.2, 0) is 4.79 Å². The molecule has 0 bridgehead atoms. The molecular weight excluding hydrogens is 237 g/mol. The Balaban J connectivity index is 3.00. The highest BCUT2D eigenvalue weighted by atomic mass is 19.3. The van der Waals surface area contributed by atoms with Crippen molar-refractivity contribution in [1.82, 2.24) is 0 Å². The first-order chi connectivity index (χ1) is 7.97. The maximum Gasteiger partial charge on any atom is 0.296 e. The van der Waals surface area contributed by atoms with Gasteiger partial charge in [-0.25, -0.2) is 13.2 Å². The van der Waals surface area contributed by atoms with E-state index >= 15 is 0 Å². The molecule has 0 atom stereocenters. The lowest BCUT2D eigenvalue weighted by atomic mass is 10.0. The second-order valence-corrected chi connectivity index (χ2v) is 3.18. The van der Waals surface area contributed by atoms with Crippen LogP contribution < -0.4 is 4.74 Å². The molecule has 0 aromatic heterocycles. The van der Waals surface area contributed by atoms with Crippen molar-refractivity contribution in [2.45, 2.75) is 12.8 Å². The van der Waals surface area contributed by atoms with Crippen molar-refractivity contribution in [2.75, 3.05) is 7.11 Å². The van der Waals surface area contributed by atoms with E-state index in [0.717, 1.165) is 6.07 Å². The van der Waals surface area contributed by atoms with Crippen molar-refractivity contribution in [1.29, 1.82) is 0 Å². The fraction of sp³-hybridized carbons (Fsp3) is 0.273. The molecule has 0 aliphatic carbocycles. The van der Waals surface area contributed by atoms with Crippen LogP contribution in [0.2, 0.25) is 0 Å². The fourth-order valence-electron chi connectivity index (χ4n) is 1.27. The Morgan fingerprint density at radius 2 is 2.00 bits per heavy atom. The molecule has 0 saturated heterocycles. The average molecular weight is 246 g/mol. The minimum atomic E-state index is -3.24. The van der Waals surface area contributed by atoms with Gasteiger partial charge in [0.2, 0.25) is 5.78 Å². The third-order valence-corrected chi connectivity index (χ3v) is 2.05. The number of hydrogen-bond acceptors (Lipinski definition) is 3. The maximum absolute atomic E-state index is 13.3. The predicted octanol–water partition coefficient (Wildman–Crippen LogP) is 2.24. The van der Waals surface area contributed by atoms with Gasteiger partial charge in [-0.2, -0.15) is 0 Å². The van der Waals surface area contributed by atoms with Crippen molar-refractivity contribution >= 4 is 11.6 Å². The number of carbonyl (C=O) groups is 2. The topological polar surface area (TPSA) is 43.4 Å². The summed E-state index contributed by atoms with van der Waals surface area (Å²) in [6, 6.07) is 3.60. The van der Waals surface area contributed by atoms with Gasteiger partial charge in [0.15, 0.2) is 5.78 Å². The number of rotatable bonds is 5. The summed E-state index contributed by atoms with van der Waals surface area (Å²) in [5, 5.41) is 0. The largest absolute Gasteiger partial charge is 0.496 e. The quantitative estimate of drug-likeness (QED) is 0.591. The molecule has 0 aliphatic heterocycles. The molecule has 6 heteroatoms. The Labute approximate surface area is 95.2 Å². The van der Waals surface area contributed by atoms with Gasteiger partial charge in [-0.05, 0) is 12.1 Å². The highest BCUT2D eigenvalue weighted by Crippen LogP contribution is 2.23. The van der Waals surface area contributed by atoms with E-state index in [1.165, 1.54) is 19.2 Å². The van der Waals surface area contributed by atoms with Gasteiger partial charge in [0, 0.05) is 0 Å². The molecule has 0 radical (unpaired) electrons. The van der Waals surface area contributed by atoms with Crippen LogP contribution in [-0.4, -0.2) is 25.1 Å². The second kappa shape index (κ2) is 5.47. The van der Waals surface area contributed by atoms with E-state index in [1.807, 2.05) is 0 Å². The van der Waals surface area contributed by atoms with Crippen molar-refractivity contribution < 1.29 is 27.5 Å². The van der Waals surface area contributed by atoms with Gasteiger partial charge in [0.25, 0.3) is 6.43 Å². The predicted molar refractivity (Wildman–Crippen MR) is 52.9 cm³/mol. The first-order valence-corrected chi connectivity index (χ1v) is 4.64. The Kier molecular flexibility index (Phi) is 4.25. The van der Waals surface area contributed by atoms with E-state index in [2.05, 4.69) is 0 Å². The first-order valence-electron chi connectivity index (χ1n) is 4.64. The summed E-state index contributed by atoms with van der Waals surface area (Å²) in [5.41, 5.74) is -0.482. The molecule has 1 rings (SSSR count). The van der Waals surface area contributed by atoms with Gasteiger partial charge in [0.1, 0.15) is 11.6 Å². The molecule has 1 aromatic carbocycles. The Morgan fingerprint density at radius 3 is 2.53 bits per heavy atom. The van der Waals surface area contributed by atoms with Crippen LogP contribution in [0.25, 0.3) is 0 Å². The number of Topliss-reactive ketones (excluding diaryl/α,β-unsaturated/α-hetero) is 2. The summed E-state index contributed by atoms with van der Waals surface area (Å²) >= 11 is 0. The highest BCUT2D eigenvalue weighted by Gasteiger charge is 2.24. The molecule has 1 aromatic rings. The molecule has 0 amide bonds. The Morgan fingerprint density at radius 1 is 1.35 bits per heavy atom. The van der Waals surface area contributed by atoms with Gasteiger partial charge in [-0.1, -0.05) is 6.07 Å². The van der Waals surface area contributed by atoms with Gasteiger partial charge < -0.3 is 4.74 Å². The summed E-state index contributed by atoms with van der Waals surface area (Å²) in [7, 11) is 1.21. The lowest BCUT2D eigenvalue weighted by Gasteiger charge is -2.07. The number of ether oxygens (including phenoxy) is 1. The first kappa shape index (κ1) is 13.2. The SMILES string of the molecule is COc1cccc(F)c1C(=O)CC(=O)C(F)F. The number of alkyl halides is 2. The van der Waals surface area contributed by atoms with E-state index in [4.69, 9.17) is 4.74 Å². The highest BCUT2D eigenvalue weighted by molar-refractivity contribution is 6.10. The van der Waals surface area contributed by atoms with Crippen LogP contribution in [0.15, 0.2) is 18.2 Å². The van der Waals surface area contributed by atoms with E-state index in [9.17, 15) is 22.8 Å². The fourth-order valence-corrected chi connectivity index (χ4v) is 1.27. The molecule has 92 valence electrons. The average Bonchev–Trinajstić information content (AvgIpc) is 2.27. The molecule has 0 aliphatic rings. The molecule has 0 saturated carbocycles. The normalized spacial score (nSPS) is 10.4. The number of halogens is 3. The number of hydrogen-bond donors (Lipinski definition) is 0. The monoisotopic (exact) mass is 246 g/mol. The zero-order chi connectivity index (χ0) is 13.0. The van der Waals surface area contributed by atoms with E-state index < -0.39 is 35.8 Å². The van der Waals surface area contributed by atoms with Gasteiger partial charge in [-0.3, -0.25) is 9.59 Å². The minimum absolute atomic E-state index is 0.0860. The van der Waals surface area contributed by atoms with Crippen molar-refractivity contribution in [3.05, 3.63) is 29.6 Å². The minimum Gasteiger partial charge on any atom is -0.496 e. The zero-order valence-corrected chi connectivity index (χ0v) is 8.88. The van der Waals surface area contributed by atoms with Crippen LogP contribution in [0.5, 0.6) is 5.75 Å². The van der Waals surface area contributed by atoms with Crippen LogP contribution in [0.4, 0.5) is 13.2 Å². The number of methoxy groups -OCH3 is 1. The molecule has 0 heterocycles. The Bertz CT molecular complexity index is 444. The lowest BCUT2D eigenvalue weighted by molar-refractivity contribution is -0.128. The Hall–Kier alpha value is -1.85. The summed E-state index contributed by atoms with van der Waals surface area (Å²) in [5.74, 6) is -3.56. The maximum atomic E-state index is 13.3. The van der Waals surface area contributed by atoms with E-state index in [-0.39, 0.29) is 5.75 Å². The molecular formula is C11H9F3O3. The van der Waals surface area contributed by atoms with Gasteiger partial charge in [0.05, 0.1) is 19.1 Å². The standard InChI is InChI=1S/C11H9F3O3/c1-17-9-4-2-3-6(12)10(9)7(15)5-8(16)11(13)14/h2-4,11H,5H2,1H3. The molecule has 17 heavy (non-hydrogen) atoms. The summed E-state index contributed by atoms with van der Waals surface area (Å²) < 4.78 is 42.0. The van der Waals surface area contributed by atoms with Crippen molar-refractivity contribution in [3.8, 4) is 5.75 Å². The summed E-state index contributed by atoms with van der Waals surface area (Å²) in [6.07, 6.45) is -4.29. The molecule has 0 N–H and O–H groups in total. The molecule has 0 fully saturated rings. The molecule has 0 unspecified atom stereocenters. The van der Waals surface area contributed by atoms with E-state index in [0.29, 0.717) is 0 Å². The van der Waals surface area contributed by atoms with E-state index in [1.54, 1.807) is 0 Å². The molecule has 3 nitrogen and oxygen atoms in total. The van der Waals surface area contributed by atoms with Gasteiger partial charge >= 0.3 is 0 Å². The third-order valence-electron chi connectivity index (χ3n) is 2.05. The van der Waals surface area contributed by atoms with Crippen LogP contribution in [0, 0.1) is 5.82 Å². The number of ketones is 2. The van der Waals surface area contributed by atoms with Crippen molar-refractivity contribution in [3.63, 3.8) is 0 Å². The second-order valence-electron chi connectivity index (χ2n) is 3.18. The third kappa shape index (κ3) is 3.05. The number of carbonyl (C=O) groups excluding carboxylic acids is 2. The zero-order valence-electron chi connectivity index (χ0n) is 8.88. The number of benzene rings is 1. The lowest BCUT2D eigenvalue weighted by Crippen LogP contribution is -2.16. The van der Waals surface area contributed by atoms with Crippen LogP contribution in [0.3, 0.4) is 0 Å². The molecule has 0 spiro atoms. The summed E-state index contributed by atoms with van der Waals surface area (Å²) in [4.78, 5) is 22.2. The van der Waals surface area contributed by atoms with Gasteiger partial charge in [-0.15, -0.1) is 0 Å². The smallest absolute Gasteiger partial charge is 0.296 e. The van der Waals surface area contributed by atoms with Crippen LogP contribution in [0.1, 0.15) is 16.8 Å². The van der Waals surface area contributed by atoms with Crippen molar-refractivity contribution in [2.24, 2.45) is 0 Å².